The maximum atomic E-state index is 12.8. The van der Waals surface area contributed by atoms with Gasteiger partial charge in [0.2, 0.25) is 23.6 Å². The Kier molecular flexibility index (Phi) is 14.8. The third kappa shape index (κ3) is 11.3. The van der Waals surface area contributed by atoms with Crippen molar-refractivity contribution < 1.29 is 39.3 Å². The molecule has 0 aromatic rings. The smallest absolute Gasteiger partial charge is 0.326 e. The maximum absolute atomic E-state index is 12.8. The number of carboxylic acids is 1. The lowest BCUT2D eigenvalue weighted by Gasteiger charge is -2.28. The van der Waals surface area contributed by atoms with Gasteiger partial charge in [-0.1, -0.05) is 20.3 Å². The molecule has 0 aromatic carbocycles. The third-order valence-electron chi connectivity index (χ3n) is 5.41. The summed E-state index contributed by atoms with van der Waals surface area (Å²) in [5, 5.41) is 38.5. The van der Waals surface area contributed by atoms with Crippen LogP contribution in [0.1, 0.15) is 53.9 Å². The number of hydrogen-bond donors (Lipinski definition) is 9. The number of nitrogens with two attached hydrogens (primary N) is 2. The lowest BCUT2D eigenvalue weighted by Crippen LogP contribution is -2.62. The SMILES string of the molecule is CC(C)[C@H](NC(=O)[C@@H](NC(=O)[C@@H](NC(=O)[C@H](C)NC(=O)[C@@H](N)CCCCN)[C@@H](C)O)[C@@H](C)O)C(=O)O. The molecule has 0 aromatic heterocycles. The number of carbonyl (C=O) groups excluding carboxylic acids is 4. The first-order valence-corrected chi connectivity index (χ1v) is 11.9. The average Bonchev–Trinajstić information content (AvgIpc) is 2.77. The van der Waals surface area contributed by atoms with Crippen LogP contribution in [-0.2, 0) is 24.0 Å². The Bertz CT molecular complexity index is 761. The highest BCUT2D eigenvalue weighted by atomic mass is 16.4. The number of carboxylic acid groups (broad SMARTS) is 1. The molecule has 0 heterocycles. The summed E-state index contributed by atoms with van der Waals surface area (Å²) in [6.07, 6.45) is -1.14. The Morgan fingerprint density at radius 2 is 1.14 bits per heavy atom. The van der Waals surface area contributed by atoms with Gasteiger partial charge < -0.3 is 48.1 Å². The normalized spacial score (nSPS) is 17.1. The van der Waals surface area contributed by atoms with Gasteiger partial charge in [-0.05, 0) is 46.1 Å². The Morgan fingerprint density at radius 3 is 1.53 bits per heavy atom. The van der Waals surface area contributed by atoms with Crippen LogP contribution in [0.15, 0.2) is 0 Å². The predicted molar refractivity (Wildman–Crippen MR) is 130 cm³/mol. The van der Waals surface area contributed by atoms with E-state index in [1.165, 1.54) is 20.8 Å². The first-order valence-electron chi connectivity index (χ1n) is 11.9. The summed E-state index contributed by atoms with van der Waals surface area (Å²) in [5.41, 5.74) is 11.2. The van der Waals surface area contributed by atoms with Crippen LogP contribution in [0.2, 0.25) is 0 Å². The molecule has 14 heteroatoms. The fourth-order valence-corrected chi connectivity index (χ4v) is 3.11. The number of amides is 4. The van der Waals surface area contributed by atoms with Crippen molar-refractivity contribution in [1.82, 2.24) is 21.3 Å². The summed E-state index contributed by atoms with van der Waals surface area (Å²) in [4.78, 5) is 61.5. The van der Waals surface area contributed by atoms with Crippen LogP contribution in [-0.4, -0.2) is 93.9 Å². The molecule has 0 radical (unpaired) electrons. The summed E-state index contributed by atoms with van der Waals surface area (Å²) in [5.74, 6) is -5.11. The molecular formula is C22H42N6O8. The number of rotatable bonds is 16. The minimum atomic E-state index is -1.57. The predicted octanol–water partition coefficient (Wildman–Crippen LogP) is -3.10. The van der Waals surface area contributed by atoms with Crippen molar-refractivity contribution >= 4 is 29.6 Å². The highest BCUT2D eigenvalue weighted by Gasteiger charge is 2.35. The monoisotopic (exact) mass is 518 g/mol. The average molecular weight is 519 g/mol. The van der Waals surface area contributed by atoms with E-state index in [2.05, 4.69) is 21.3 Å². The van der Waals surface area contributed by atoms with E-state index in [1.54, 1.807) is 13.8 Å². The van der Waals surface area contributed by atoms with Gasteiger partial charge in [-0.15, -0.1) is 0 Å². The molecule has 4 amide bonds. The lowest BCUT2D eigenvalue weighted by atomic mass is 10.0. The third-order valence-corrected chi connectivity index (χ3v) is 5.41. The molecule has 0 aliphatic carbocycles. The second-order valence-electron chi connectivity index (χ2n) is 9.14. The number of unbranched alkanes of at least 4 members (excludes halogenated alkanes) is 1. The van der Waals surface area contributed by atoms with Crippen LogP contribution in [0, 0.1) is 5.92 Å². The van der Waals surface area contributed by atoms with Gasteiger partial charge in [-0.3, -0.25) is 19.2 Å². The van der Waals surface area contributed by atoms with E-state index in [-0.39, 0.29) is 0 Å². The highest BCUT2D eigenvalue weighted by molar-refractivity contribution is 5.95. The summed E-state index contributed by atoms with van der Waals surface area (Å²) in [6, 6.07) is -6.35. The van der Waals surface area contributed by atoms with Gasteiger partial charge >= 0.3 is 5.97 Å². The molecule has 208 valence electrons. The summed E-state index contributed by atoms with van der Waals surface area (Å²) < 4.78 is 0. The molecular weight excluding hydrogens is 476 g/mol. The van der Waals surface area contributed by atoms with Gasteiger partial charge in [0.25, 0.3) is 0 Å². The van der Waals surface area contributed by atoms with Gasteiger partial charge in [0.05, 0.1) is 18.2 Å². The van der Waals surface area contributed by atoms with E-state index in [1.807, 2.05) is 0 Å². The van der Waals surface area contributed by atoms with E-state index >= 15 is 0 Å². The standard InChI is InChI=1S/C22H42N6O8/c1-10(2)15(22(35)36)26-20(33)17(13(5)30)28-21(34)16(12(4)29)27-18(31)11(3)25-19(32)14(24)8-6-7-9-23/h10-17,29-30H,6-9,23-24H2,1-5H3,(H,25,32)(H,26,33)(H,27,31)(H,28,34)(H,35,36)/t11-,12+,13+,14-,15-,16-,17-/m0/s1. The van der Waals surface area contributed by atoms with Crippen molar-refractivity contribution in [2.24, 2.45) is 17.4 Å². The van der Waals surface area contributed by atoms with Gasteiger partial charge in [-0.2, -0.15) is 0 Å². The van der Waals surface area contributed by atoms with Crippen molar-refractivity contribution in [2.75, 3.05) is 6.54 Å². The molecule has 0 aliphatic rings. The van der Waals surface area contributed by atoms with E-state index in [4.69, 9.17) is 11.5 Å². The van der Waals surface area contributed by atoms with Crippen LogP contribution < -0.4 is 32.7 Å². The molecule has 0 aliphatic heterocycles. The van der Waals surface area contributed by atoms with Crippen LogP contribution in [0.4, 0.5) is 0 Å². The van der Waals surface area contributed by atoms with Crippen molar-refractivity contribution in [3.05, 3.63) is 0 Å². The zero-order chi connectivity index (χ0) is 28.2. The molecule has 0 saturated heterocycles. The van der Waals surface area contributed by atoms with Crippen molar-refractivity contribution in [3.8, 4) is 0 Å². The first-order chi connectivity index (χ1) is 16.6. The highest BCUT2D eigenvalue weighted by Crippen LogP contribution is 2.05. The number of hydrogen-bond acceptors (Lipinski definition) is 9. The van der Waals surface area contributed by atoms with E-state index in [9.17, 15) is 39.3 Å². The molecule has 11 N–H and O–H groups in total. The van der Waals surface area contributed by atoms with Crippen molar-refractivity contribution in [2.45, 2.75) is 96.3 Å². The maximum Gasteiger partial charge on any atom is 0.326 e. The number of aliphatic hydroxyl groups excluding tert-OH is 2. The second kappa shape index (κ2) is 16.0. The lowest BCUT2D eigenvalue weighted by molar-refractivity contribution is -0.144. The topological polar surface area (TPSA) is 246 Å². The Morgan fingerprint density at radius 1 is 0.694 bits per heavy atom. The number of carbonyl (C=O) groups is 5. The van der Waals surface area contributed by atoms with Gasteiger partial charge in [0, 0.05) is 0 Å². The summed E-state index contributed by atoms with van der Waals surface area (Å²) in [6.45, 7) is 7.39. The molecule has 0 bridgehead atoms. The van der Waals surface area contributed by atoms with E-state index < -0.39 is 77.9 Å². The Labute approximate surface area is 210 Å². The molecule has 0 rings (SSSR count). The van der Waals surface area contributed by atoms with Gasteiger partial charge in [0.1, 0.15) is 24.2 Å². The molecule has 36 heavy (non-hydrogen) atoms. The second-order valence-corrected chi connectivity index (χ2v) is 9.14. The molecule has 0 spiro atoms. The minimum absolute atomic E-state index is 0.373. The van der Waals surface area contributed by atoms with Crippen LogP contribution in [0.3, 0.4) is 0 Å². The summed E-state index contributed by atoms with van der Waals surface area (Å²) >= 11 is 0. The fourth-order valence-electron chi connectivity index (χ4n) is 3.11. The Hall–Kier alpha value is -2.81. The van der Waals surface area contributed by atoms with Crippen LogP contribution in [0.5, 0.6) is 0 Å². The molecule has 14 nitrogen and oxygen atoms in total. The zero-order valence-corrected chi connectivity index (χ0v) is 21.5. The zero-order valence-electron chi connectivity index (χ0n) is 21.5. The summed E-state index contributed by atoms with van der Waals surface area (Å²) in [7, 11) is 0. The largest absolute Gasteiger partial charge is 0.480 e. The Balaban J connectivity index is 5.27. The molecule has 0 unspecified atom stereocenters. The minimum Gasteiger partial charge on any atom is -0.480 e. The quantitative estimate of drug-likeness (QED) is 0.0931. The van der Waals surface area contributed by atoms with E-state index in [0.717, 1.165) is 0 Å². The molecule has 7 atom stereocenters. The number of aliphatic carboxylic acids is 1. The van der Waals surface area contributed by atoms with Crippen molar-refractivity contribution in [3.63, 3.8) is 0 Å². The van der Waals surface area contributed by atoms with Gasteiger partial charge in [0.15, 0.2) is 0 Å². The number of nitrogens with one attached hydrogen (secondary N) is 4. The molecule has 0 fully saturated rings. The van der Waals surface area contributed by atoms with Crippen LogP contribution in [0.25, 0.3) is 0 Å². The van der Waals surface area contributed by atoms with Crippen molar-refractivity contribution in [1.29, 1.82) is 0 Å². The fraction of sp³-hybridized carbons (Fsp3) is 0.773. The van der Waals surface area contributed by atoms with Crippen LogP contribution >= 0.6 is 0 Å². The van der Waals surface area contributed by atoms with E-state index in [0.29, 0.717) is 25.8 Å². The first kappa shape index (κ1) is 33.2. The van der Waals surface area contributed by atoms with Gasteiger partial charge in [-0.25, -0.2) is 4.79 Å². The number of aliphatic hydroxyl groups is 2. The molecule has 0 saturated carbocycles.